The number of carboxylic acid groups (broad SMARTS) is 1. The van der Waals surface area contributed by atoms with Gasteiger partial charge in [-0.15, -0.1) is 11.8 Å². The Labute approximate surface area is 158 Å². The number of carbonyl (C=O) groups excluding carboxylic acids is 2. The zero-order valence-corrected chi connectivity index (χ0v) is 16.6. The summed E-state index contributed by atoms with van der Waals surface area (Å²) >= 11 is 1.45. The molecule has 2 saturated heterocycles. The van der Waals surface area contributed by atoms with Crippen LogP contribution in [-0.4, -0.2) is 70.0 Å². The number of likely N-dealkylation sites (tertiary alicyclic amines) is 1. The van der Waals surface area contributed by atoms with Crippen molar-refractivity contribution >= 4 is 29.8 Å². The Hall–Kier alpha value is -1.48. The first-order chi connectivity index (χ1) is 12.1. The fourth-order valence-electron chi connectivity index (χ4n) is 3.42. The van der Waals surface area contributed by atoms with Crippen LogP contribution in [0.25, 0.3) is 0 Å². The number of amides is 1. The third-order valence-corrected chi connectivity index (χ3v) is 5.82. The maximum Gasteiger partial charge on any atom is 0.411 e. The SMILES string of the molecule is COC(=O)C1(CC2N[C@@H](C(=O)O)CS2)CCCCN1C(=O)OC(C)(C)C. The van der Waals surface area contributed by atoms with Crippen molar-refractivity contribution in [3.8, 4) is 0 Å². The molecule has 2 unspecified atom stereocenters. The van der Waals surface area contributed by atoms with E-state index in [0.717, 1.165) is 12.8 Å². The maximum atomic E-state index is 12.8. The number of hydrogen-bond donors (Lipinski definition) is 2. The van der Waals surface area contributed by atoms with Crippen LogP contribution in [0.1, 0.15) is 46.5 Å². The monoisotopic (exact) mass is 388 g/mol. The van der Waals surface area contributed by atoms with Gasteiger partial charge >= 0.3 is 18.0 Å². The number of thioether (sulfide) groups is 1. The van der Waals surface area contributed by atoms with E-state index in [1.54, 1.807) is 20.8 Å². The van der Waals surface area contributed by atoms with Crippen molar-refractivity contribution in [2.75, 3.05) is 19.4 Å². The standard InChI is InChI=1S/C17H28N2O6S/c1-16(2,3)25-15(23)19-8-6-5-7-17(19,14(22)24-4)9-12-18-11(10-26-12)13(20)21/h11-12,18H,5-10H2,1-4H3,(H,20,21)/t11-,12?,17?/m1/s1. The highest BCUT2D eigenvalue weighted by atomic mass is 32.2. The van der Waals surface area contributed by atoms with Crippen LogP contribution in [0.5, 0.6) is 0 Å². The molecule has 2 rings (SSSR count). The summed E-state index contributed by atoms with van der Waals surface area (Å²) in [5.41, 5.74) is -1.82. The molecular weight excluding hydrogens is 360 g/mol. The highest BCUT2D eigenvalue weighted by molar-refractivity contribution is 8.00. The first-order valence-electron chi connectivity index (χ1n) is 8.78. The topological polar surface area (TPSA) is 105 Å². The van der Waals surface area contributed by atoms with E-state index in [2.05, 4.69) is 5.32 Å². The molecule has 2 N–H and O–H groups in total. The van der Waals surface area contributed by atoms with E-state index in [0.29, 0.717) is 18.7 Å². The molecule has 0 radical (unpaired) electrons. The highest BCUT2D eigenvalue weighted by Gasteiger charge is 2.52. The van der Waals surface area contributed by atoms with Gasteiger partial charge in [0.05, 0.1) is 12.5 Å². The van der Waals surface area contributed by atoms with Crippen LogP contribution in [-0.2, 0) is 19.1 Å². The first-order valence-corrected chi connectivity index (χ1v) is 9.83. The molecule has 3 atom stereocenters. The molecule has 148 valence electrons. The molecular formula is C17H28N2O6S. The van der Waals surface area contributed by atoms with Crippen LogP contribution in [0.3, 0.4) is 0 Å². The van der Waals surface area contributed by atoms with Crippen molar-refractivity contribution in [3.63, 3.8) is 0 Å². The Morgan fingerprint density at radius 1 is 1.31 bits per heavy atom. The summed E-state index contributed by atoms with van der Waals surface area (Å²) in [6, 6.07) is -0.654. The summed E-state index contributed by atoms with van der Waals surface area (Å²) in [4.78, 5) is 38.2. The number of aliphatic carboxylic acids is 1. The molecule has 8 nitrogen and oxygen atoms in total. The fourth-order valence-corrected chi connectivity index (χ4v) is 4.73. The van der Waals surface area contributed by atoms with Crippen molar-refractivity contribution in [1.29, 1.82) is 0 Å². The summed E-state index contributed by atoms with van der Waals surface area (Å²) in [6.07, 6.45) is 1.78. The lowest BCUT2D eigenvalue weighted by Gasteiger charge is -2.45. The molecule has 2 fully saturated rings. The van der Waals surface area contributed by atoms with Crippen LogP contribution in [0, 0.1) is 0 Å². The molecule has 2 aliphatic heterocycles. The van der Waals surface area contributed by atoms with Gasteiger partial charge in [-0.25, -0.2) is 9.59 Å². The first kappa shape index (κ1) is 20.8. The van der Waals surface area contributed by atoms with E-state index in [9.17, 15) is 19.5 Å². The van der Waals surface area contributed by atoms with Gasteiger partial charge in [0.2, 0.25) is 0 Å². The number of esters is 1. The third-order valence-electron chi connectivity index (χ3n) is 4.59. The molecule has 2 heterocycles. The summed E-state index contributed by atoms with van der Waals surface area (Å²) < 4.78 is 10.6. The Morgan fingerprint density at radius 3 is 2.54 bits per heavy atom. The minimum atomic E-state index is -1.15. The number of carbonyl (C=O) groups is 3. The predicted octanol–water partition coefficient (Wildman–Crippen LogP) is 1.82. The molecule has 0 aromatic heterocycles. The zero-order valence-electron chi connectivity index (χ0n) is 15.7. The summed E-state index contributed by atoms with van der Waals surface area (Å²) in [5, 5.41) is 11.9. The Bertz CT molecular complexity index is 564. The van der Waals surface area contributed by atoms with Gasteiger partial charge in [-0.3, -0.25) is 15.0 Å². The number of nitrogens with zero attached hydrogens (tertiary/aromatic N) is 1. The Kier molecular flexibility index (Phi) is 6.44. The van der Waals surface area contributed by atoms with Gasteiger partial charge in [0.15, 0.2) is 0 Å². The van der Waals surface area contributed by atoms with E-state index in [1.807, 2.05) is 0 Å². The predicted molar refractivity (Wildman–Crippen MR) is 97.0 cm³/mol. The minimum absolute atomic E-state index is 0.252. The fraction of sp³-hybridized carbons (Fsp3) is 0.824. The van der Waals surface area contributed by atoms with E-state index in [1.165, 1.54) is 23.8 Å². The number of methoxy groups -OCH3 is 1. The number of piperidine rings is 1. The average molecular weight is 388 g/mol. The Morgan fingerprint density at radius 2 is 2.00 bits per heavy atom. The number of nitrogens with one attached hydrogen (secondary N) is 1. The van der Waals surface area contributed by atoms with Crippen LogP contribution >= 0.6 is 11.8 Å². The van der Waals surface area contributed by atoms with Gasteiger partial charge < -0.3 is 14.6 Å². The molecule has 0 aliphatic carbocycles. The second-order valence-corrected chi connectivity index (χ2v) is 8.93. The second kappa shape index (κ2) is 8.04. The minimum Gasteiger partial charge on any atom is -0.480 e. The molecule has 0 spiro atoms. The van der Waals surface area contributed by atoms with Gasteiger partial charge in [-0.1, -0.05) is 0 Å². The van der Waals surface area contributed by atoms with Crippen LogP contribution in [0.4, 0.5) is 4.79 Å². The highest BCUT2D eigenvalue weighted by Crippen LogP contribution is 2.38. The van der Waals surface area contributed by atoms with E-state index in [-0.39, 0.29) is 11.8 Å². The largest absolute Gasteiger partial charge is 0.480 e. The lowest BCUT2D eigenvalue weighted by Crippen LogP contribution is -2.62. The third kappa shape index (κ3) is 4.62. The van der Waals surface area contributed by atoms with Crippen LogP contribution < -0.4 is 5.32 Å². The number of rotatable bonds is 4. The molecule has 26 heavy (non-hydrogen) atoms. The summed E-state index contributed by atoms with van der Waals surface area (Å²) in [6.45, 7) is 5.74. The quantitative estimate of drug-likeness (QED) is 0.703. The van der Waals surface area contributed by atoms with E-state index >= 15 is 0 Å². The average Bonchev–Trinajstić information content (AvgIpc) is 3.01. The normalized spacial score (nSPS) is 29.3. The van der Waals surface area contributed by atoms with Crippen molar-refractivity contribution in [2.45, 2.75) is 69.0 Å². The zero-order chi connectivity index (χ0) is 19.5. The molecule has 0 bridgehead atoms. The van der Waals surface area contributed by atoms with Gasteiger partial charge in [0.1, 0.15) is 17.2 Å². The smallest absolute Gasteiger partial charge is 0.411 e. The number of ether oxygens (including phenoxy) is 2. The van der Waals surface area contributed by atoms with Crippen molar-refractivity contribution < 1.29 is 29.0 Å². The van der Waals surface area contributed by atoms with Crippen LogP contribution in [0.15, 0.2) is 0 Å². The van der Waals surface area contributed by atoms with E-state index in [4.69, 9.17) is 9.47 Å². The molecule has 9 heteroatoms. The number of hydrogen-bond acceptors (Lipinski definition) is 7. The molecule has 1 amide bonds. The second-order valence-electron chi connectivity index (χ2n) is 7.70. The lowest BCUT2D eigenvalue weighted by atomic mass is 9.83. The molecule has 0 saturated carbocycles. The van der Waals surface area contributed by atoms with Gasteiger partial charge in [-0.2, -0.15) is 0 Å². The van der Waals surface area contributed by atoms with Crippen molar-refractivity contribution in [1.82, 2.24) is 10.2 Å². The van der Waals surface area contributed by atoms with Gasteiger partial charge in [0, 0.05) is 18.7 Å². The van der Waals surface area contributed by atoms with Gasteiger partial charge in [0.25, 0.3) is 0 Å². The van der Waals surface area contributed by atoms with Crippen molar-refractivity contribution in [2.24, 2.45) is 0 Å². The summed E-state index contributed by atoms with van der Waals surface area (Å²) in [5.74, 6) is -0.979. The summed E-state index contributed by atoms with van der Waals surface area (Å²) in [7, 11) is 1.31. The molecule has 0 aromatic rings. The van der Waals surface area contributed by atoms with Gasteiger partial charge in [-0.05, 0) is 40.0 Å². The number of carboxylic acids is 1. The molecule has 2 aliphatic rings. The molecule has 0 aromatic carbocycles. The maximum absolute atomic E-state index is 12.8. The van der Waals surface area contributed by atoms with E-state index < -0.39 is 35.2 Å². The van der Waals surface area contributed by atoms with Crippen molar-refractivity contribution in [3.05, 3.63) is 0 Å². The lowest BCUT2D eigenvalue weighted by molar-refractivity contribution is -0.158. The Balaban J connectivity index is 2.25. The van der Waals surface area contributed by atoms with Crippen LogP contribution in [0.2, 0.25) is 0 Å².